The highest BCUT2D eigenvalue weighted by Crippen LogP contribution is 2.40. The molecule has 156 valence electrons. The lowest BCUT2D eigenvalue weighted by molar-refractivity contribution is 0.101. The highest BCUT2D eigenvalue weighted by molar-refractivity contribution is 5.95. The predicted octanol–water partition coefficient (Wildman–Crippen LogP) is 3.52. The predicted molar refractivity (Wildman–Crippen MR) is 111 cm³/mol. The number of hydrogen-bond donors (Lipinski definition) is 1. The zero-order valence-electron chi connectivity index (χ0n) is 17.3. The van der Waals surface area contributed by atoms with Gasteiger partial charge in [-0.2, -0.15) is 15.0 Å². The van der Waals surface area contributed by atoms with E-state index in [0.29, 0.717) is 39.9 Å². The molecule has 0 aliphatic heterocycles. The largest absolute Gasteiger partial charge is 0.493 e. The second-order valence-corrected chi connectivity index (χ2v) is 6.15. The number of hydrogen-bond acceptors (Lipinski definition) is 9. The Morgan fingerprint density at radius 3 is 2.13 bits per heavy atom. The Bertz CT molecular complexity index is 1050. The van der Waals surface area contributed by atoms with Crippen molar-refractivity contribution in [2.24, 2.45) is 0 Å². The standard InChI is InChI=1S/C21H22N4O5/c1-12(26)13-7-6-8-14(9-13)19-23-20(25-21(24-19)30-5)22-15-10-16(27-2)18(29-4)17(11-15)28-3/h6-11H,1-5H3,(H,22,23,24,25). The van der Waals surface area contributed by atoms with Gasteiger partial charge in [0.1, 0.15) is 0 Å². The summed E-state index contributed by atoms with van der Waals surface area (Å²) in [4.78, 5) is 24.7. The monoisotopic (exact) mass is 410 g/mol. The van der Waals surface area contributed by atoms with Gasteiger partial charge in [0, 0.05) is 28.9 Å². The molecule has 0 radical (unpaired) electrons. The van der Waals surface area contributed by atoms with Crippen LogP contribution in [0.2, 0.25) is 0 Å². The minimum absolute atomic E-state index is 0.0476. The third-order valence-electron chi connectivity index (χ3n) is 4.25. The van der Waals surface area contributed by atoms with E-state index in [9.17, 15) is 4.79 Å². The Kier molecular flexibility index (Phi) is 6.31. The number of aromatic nitrogens is 3. The summed E-state index contributed by atoms with van der Waals surface area (Å²) in [5.41, 5.74) is 1.84. The highest BCUT2D eigenvalue weighted by atomic mass is 16.5. The smallest absolute Gasteiger partial charge is 0.321 e. The van der Waals surface area contributed by atoms with Crippen molar-refractivity contribution in [3.63, 3.8) is 0 Å². The molecule has 3 aromatic rings. The highest BCUT2D eigenvalue weighted by Gasteiger charge is 2.15. The number of nitrogens with one attached hydrogen (secondary N) is 1. The molecule has 9 heteroatoms. The lowest BCUT2D eigenvalue weighted by atomic mass is 10.1. The van der Waals surface area contributed by atoms with Crippen molar-refractivity contribution in [1.82, 2.24) is 15.0 Å². The first-order chi connectivity index (χ1) is 14.5. The van der Waals surface area contributed by atoms with Crippen LogP contribution in [0.3, 0.4) is 0 Å². The first-order valence-electron chi connectivity index (χ1n) is 8.97. The molecule has 0 saturated carbocycles. The fourth-order valence-electron chi connectivity index (χ4n) is 2.79. The van der Waals surface area contributed by atoms with Crippen LogP contribution >= 0.6 is 0 Å². The van der Waals surface area contributed by atoms with Crippen molar-refractivity contribution in [3.05, 3.63) is 42.0 Å². The molecule has 0 fully saturated rings. The third-order valence-corrected chi connectivity index (χ3v) is 4.25. The van der Waals surface area contributed by atoms with Gasteiger partial charge in [0.25, 0.3) is 0 Å². The van der Waals surface area contributed by atoms with E-state index in [1.807, 2.05) is 6.07 Å². The minimum atomic E-state index is -0.0476. The Hall–Kier alpha value is -3.88. The molecule has 1 N–H and O–H groups in total. The second-order valence-electron chi connectivity index (χ2n) is 6.15. The molecule has 0 unspecified atom stereocenters. The summed E-state index contributed by atoms with van der Waals surface area (Å²) in [7, 11) is 6.07. The number of carbonyl (C=O) groups is 1. The Labute approximate surface area is 174 Å². The van der Waals surface area contributed by atoms with Gasteiger partial charge in [-0.15, -0.1) is 0 Å². The zero-order chi connectivity index (χ0) is 21.7. The summed E-state index contributed by atoms with van der Waals surface area (Å²) in [6, 6.07) is 10.6. The van der Waals surface area contributed by atoms with Gasteiger partial charge in [-0.05, 0) is 13.0 Å². The fraction of sp³-hybridized carbons (Fsp3) is 0.238. The van der Waals surface area contributed by atoms with E-state index < -0.39 is 0 Å². The van der Waals surface area contributed by atoms with Crippen molar-refractivity contribution in [2.75, 3.05) is 33.8 Å². The number of methoxy groups -OCH3 is 4. The number of Topliss-reactive ketones (excluding diaryl/α,β-unsaturated/α-hetero) is 1. The fourth-order valence-corrected chi connectivity index (χ4v) is 2.79. The number of benzene rings is 2. The van der Waals surface area contributed by atoms with Crippen molar-refractivity contribution in [3.8, 4) is 34.6 Å². The lowest BCUT2D eigenvalue weighted by Crippen LogP contribution is -2.05. The van der Waals surface area contributed by atoms with Gasteiger partial charge >= 0.3 is 6.01 Å². The van der Waals surface area contributed by atoms with Crippen molar-refractivity contribution < 1.29 is 23.7 Å². The van der Waals surface area contributed by atoms with Crippen LogP contribution in [-0.4, -0.2) is 49.2 Å². The normalized spacial score (nSPS) is 10.3. The van der Waals surface area contributed by atoms with E-state index in [1.54, 1.807) is 30.3 Å². The van der Waals surface area contributed by atoms with Crippen LogP contribution in [0.4, 0.5) is 11.6 Å². The molecule has 3 rings (SSSR count). The summed E-state index contributed by atoms with van der Waals surface area (Å²) in [5, 5.41) is 3.10. The maximum Gasteiger partial charge on any atom is 0.321 e. The summed E-state index contributed by atoms with van der Waals surface area (Å²) < 4.78 is 21.3. The molecule has 1 heterocycles. The molecule has 30 heavy (non-hydrogen) atoms. The first kappa shape index (κ1) is 20.8. The number of nitrogens with zero attached hydrogens (tertiary/aromatic N) is 3. The summed E-state index contributed by atoms with van der Waals surface area (Å²) >= 11 is 0. The molecule has 0 spiro atoms. The number of ether oxygens (including phenoxy) is 4. The molecule has 0 atom stereocenters. The van der Waals surface area contributed by atoms with Crippen LogP contribution in [0.1, 0.15) is 17.3 Å². The molecule has 2 aromatic carbocycles. The van der Waals surface area contributed by atoms with E-state index in [0.717, 1.165) is 0 Å². The molecule has 0 aliphatic rings. The van der Waals surface area contributed by atoms with Crippen LogP contribution in [0.15, 0.2) is 36.4 Å². The van der Waals surface area contributed by atoms with E-state index in [2.05, 4.69) is 20.3 Å². The van der Waals surface area contributed by atoms with Gasteiger partial charge in [-0.1, -0.05) is 18.2 Å². The molecule has 0 bridgehead atoms. The molecule has 9 nitrogen and oxygen atoms in total. The summed E-state index contributed by atoms with van der Waals surface area (Å²) in [6.45, 7) is 1.50. The van der Waals surface area contributed by atoms with Gasteiger partial charge in [0.05, 0.1) is 28.4 Å². The van der Waals surface area contributed by atoms with Crippen LogP contribution in [0.25, 0.3) is 11.4 Å². The van der Waals surface area contributed by atoms with E-state index in [-0.39, 0.29) is 17.7 Å². The van der Waals surface area contributed by atoms with Crippen LogP contribution < -0.4 is 24.3 Å². The van der Waals surface area contributed by atoms with Gasteiger partial charge < -0.3 is 24.3 Å². The van der Waals surface area contributed by atoms with E-state index in [4.69, 9.17) is 18.9 Å². The zero-order valence-corrected chi connectivity index (χ0v) is 17.3. The SMILES string of the molecule is COc1nc(Nc2cc(OC)c(OC)c(OC)c2)nc(-c2cccc(C(C)=O)c2)n1. The summed E-state index contributed by atoms with van der Waals surface area (Å²) in [5.74, 6) is 2.00. The Morgan fingerprint density at radius 1 is 0.867 bits per heavy atom. The van der Waals surface area contributed by atoms with Gasteiger partial charge in [-0.3, -0.25) is 4.79 Å². The topological polar surface area (TPSA) is 105 Å². The van der Waals surface area contributed by atoms with E-state index in [1.165, 1.54) is 35.4 Å². The summed E-state index contributed by atoms with van der Waals surface area (Å²) in [6.07, 6.45) is 0. The van der Waals surface area contributed by atoms with Gasteiger partial charge in [0.2, 0.25) is 11.7 Å². The van der Waals surface area contributed by atoms with Gasteiger partial charge in [0.15, 0.2) is 23.1 Å². The number of anilines is 2. The average Bonchev–Trinajstić information content (AvgIpc) is 2.78. The second kappa shape index (κ2) is 9.08. The number of ketones is 1. The van der Waals surface area contributed by atoms with Crippen molar-refractivity contribution in [1.29, 1.82) is 0 Å². The molecule has 0 saturated heterocycles. The third kappa shape index (κ3) is 4.40. The maximum absolute atomic E-state index is 11.7. The van der Waals surface area contributed by atoms with Gasteiger partial charge in [-0.25, -0.2) is 0 Å². The van der Waals surface area contributed by atoms with Crippen LogP contribution in [-0.2, 0) is 0 Å². The number of rotatable bonds is 8. The molecule has 0 aliphatic carbocycles. The lowest BCUT2D eigenvalue weighted by Gasteiger charge is -2.15. The van der Waals surface area contributed by atoms with Crippen molar-refractivity contribution >= 4 is 17.4 Å². The van der Waals surface area contributed by atoms with Crippen LogP contribution in [0.5, 0.6) is 23.3 Å². The number of carbonyl (C=O) groups excluding carboxylic acids is 1. The van der Waals surface area contributed by atoms with Crippen molar-refractivity contribution in [2.45, 2.75) is 6.92 Å². The molecule has 0 amide bonds. The maximum atomic E-state index is 11.7. The minimum Gasteiger partial charge on any atom is -0.493 e. The van der Waals surface area contributed by atoms with E-state index >= 15 is 0 Å². The average molecular weight is 410 g/mol. The molecule has 1 aromatic heterocycles. The van der Waals surface area contributed by atoms with Crippen LogP contribution in [0, 0.1) is 0 Å². The Balaban J connectivity index is 2.03. The Morgan fingerprint density at radius 2 is 1.57 bits per heavy atom. The molecular formula is C21H22N4O5. The quantitative estimate of drug-likeness (QED) is 0.558. The molecular weight excluding hydrogens is 388 g/mol. The first-order valence-corrected chi connectivity index (χ1v) is 8.97.